The van der Waals surface area contributed by atoms with E-state index < -0.39 is 69.8 Å². The molecule has 0 spiro atoms. The summed E-state index contributed by atoms with van der Waals surface area (Å²) >= 11 is 5.68. The smallest absolute Gasteiger partial charge is 0.481 e. The molecule has 5 atom stereocenters. The van der Waals surface area contributed by atoms with Crippen LogP contribution in [0.25, 0.3) is 0 Å². The second kappa shape index (κ2) is 59.2. The molecule has 18 nitrogen and oxygen atoms in total. The molecule has 0 aliphatic carbocycles. The van der Waals surface area contributed by atoms with E-state index in [9.17, 15) is 53.7 Å². The summed E-state index contributed by atoms with van der Waals surface area (Å²) in [5, 5.41) is 72.7. The van der Waals surface area contributed by atoms with E-state index in [1.807, 2.05) is 0 Å². The third kappa shape index (κ3) is 54.8. The summed E-state index contributed by atoms with van der Waals surface area (Å²) in [6.07, 6.45) is 27.0. The molecule has 0 saturated carbocycles. The Labute approximate surface area is 554 Å². The monoisotopic (exact) mass is 1280 g/mol. The first-order valence-corrected chi connectivity index (χ1v) is 32.8. The quantitative estimate of drug-likeness (QED) is 0.0121. The predicted molar refractivity (Wildman–Crippen MR) is 341 cm³/mol. The normalized spacial score (nSPS) is 13.8. The molecule has 0 radical (unpaired) electrons. The molecule has 1 aliphatic heterocycles. The van der Waals surface area contributed by atoms with Crippen molar-refractivity contribution in [1.82, 2.24) is 0 Å². The van der Waals surface area contributed by atoms with Crippen molar-refractivity contribution in [3.63, 3.8) is 0 Å². The van der Waals surface area contributed by atoms with Gasteiger partial charge < -0.3 is 50.3 Å². The summed E-state index contributed by atoms with van der Waals surface area (Å²) in [6, 6.07) is 0. The molecule has 5 unspecified atom stereocenters. The number of hydrogen-bond donors (Lipinski definition) is 8. The van der Waals surface area contributed by atoms with Crippen LogP contribution in [0.4, 0.5) is 0 Å². The van der Waals surface area contributed by atoms with Crippen molar-refractivity contribution in [3.05, 3.63) is 0 Å². The molecule has 0 aromatic carbocycles. The van der Waals surface area contributed by atoms with Gasteiger partial charge in [0.25, 0.3) is 0 Å². The second-order valence-corrected chi connectivity index (χ2v) is 25.4. The second-order valence-electron chi connectivity index (χ2n) is 25.1. The van der Waals surface area contributed by atoms with Crippen LogP contribution in [0.15, 0.2) is 0 Å². The summed E-state index contributed by atoms with van der Waals surface area (Å²) in [5.74, 6) is -4.37. The molecule has 0 aromatic rings. The third-order valence-corrected chi connectivity index (χ3v) is 15.4. The number of carboxylic acids is 3. The number of hydrogen-bond acceptors (Lipinski definition) is 15. The van der Waals surface area contributed by atoms with Crippen molar-refractivity contribution in [3.8, 4) is 0 Å². The summed E-state index contributed by atoms with van der Waals surface area (Å²) in [5.41, 5.74) is -2.66. The number of aliphatic carboxylic acids is 3. The van der Waals surface area contributed by atoms with Crippen LogP contribution in [0.3, 0.4) is 0 Å². The van der Waals surface area contributed by atoms with Gasteiger partial charge in [0.15, 0.2) is 17.3 Å². The number of unbranched alkanes of at least 4 members (excludes halogenated alkanes) is 16. The van der Waals surface area contributed by atoms with Gasteiger partial charge >= 0.3 is 61.6 Å². The SMILES string of the molecule is C1CCOC1.CC(C)(CO)C(O)C(=O)CCCC(=O)O.CC(C)(CO)C(O)C(=O)CCCC(=O)O.CCCCCCCCC(CCCCCC)C(=O)Cl.CCCCCCCCC(CCCCCC)C(=O)OCC(C)(C)C(O)C(=O)CCCC(=O)O.[Ca+2]. The van der Waals surface area contributed by atoms with Crippen LogP contribution in [0, 0.1) is 28.1 Å². The molecular formula is C66H123CaClO18+2. The molecule has 0 bridgehead atoms. The molecule has 8 N–H and O–H groups in total. The Morgan fingerprint density at radius 1 is 0.419 bits per heavy atom. The van der Waals surface area contributed by atoms with Crippen LogP contribution in [-0.2, 0) is 47.8 Å². The van der Waals surface area contributed by atoms with E-state index >= 15 is 0 Å². The summed E-state index contributed by atoms with van der Waals surface area (Å²) in [4.78, 5) is 90.1. The molecule has 1 rings (SSSR count). The topological polar surface area (TPSA) is 317 Å². The van der Waals surface area contributed by atoms with Crippen LogP contribution >= 0.6 is 11.6 Å². The van der Waals surface area contributed by atoms with Crippen molar-refractivity contribution >= 4 is 95.8 Å². The third-order valence-electron chi connectivity index (χ3n) is 15.1. The van der Waals surface area contributed by atoms with E-state index in [2.05, 4.69) is 27.7 Å². The maximum Gasteiger partial charge on any atom is 2.00 e. The van der Waals surface area contributed by atoms with Crippen LogP contribution in [-0.4, -0.2) is 176 Å². The van der Waals surface area contributed by atoms with Gasteiger partial charge in [0, 0.05) is 73.9 Å². The fourth-order valence-electron chi connectivity index (χ4n) is 8.82. The number of esters is 1. The zero-order valence-corrected chi connectivity index (χ0v) is 58.4. The molecule has 20 heteroatoms. The fourth-order valence-corrected chi connectivity index (χ4v) is 9.04. The van der Waals surface area contributed by atoms with Crippen molar-refractivity contribution in [2.75, 3.05) is 33.0 Å². The number of halogens is 1. The first-order chi connectivity index (χ1) is 40.0. The summed E-state index contributed by atoms with van der Waals surface area (Å²) in [6.45, 7) is 19.9. The van der Waals surface area contributed by atoms with Gasteiger partial charge in [0.05, 0.1) is 25.7 Å². The van der Waals surface area contributed by atoms with Gasteiger partial charge in [-0.2, -0.15) is 0 Å². The van der Waals surface area contributed by atoms with E-state index in [1.165, 1.54) is 103 Å². The molecule has 0 amide bonds. The maximum atomic E-state index is 12.8. The van der Waals surface area contributed by atoms with Crippen LogP contribution in [0.5, 0.6) is 0 Å². The number of carbonyl (C=O) groups is 8. The molecule has 1 fully saturated rings. The fraction of sp³-hybridized carbons (Fsp3) is 0.879. The van der Waals surface area contributed by atoms with Crippen LogP contribution in [0.2, 0.25) is 0 Å². The number of aliphatic hydroxyl groups is 5. The van der Waals surface area contributed by atoms with E-state index in [0.717, 1.165) is 77.4 Å². The maximum absolute atomic E-state index is 12.8. The standard InChI is InChI=1S/C26H48O6.C16H31ClO.2C10H18O5.C4H8O.Ca/c1-5-7-9-11-12-14-17-21(16-13-10-8-6-2)25(31)32-20-26(3,4)24(30)22(27)18-15-19-23(28)29;1-3-5-7-9-10-12-14-15(16(17)18)13-11-8-6-4-2;2*1-10(2,6-11)9(15)7(12)4-3-5-8(13)14;1-2-4-5-3-1;/h21,24,30H,5-20H2,1-4H3,(H,28,29);15H,3-14H2,1-2H3;2*9,11,15H,3-6H2,1-2H3,(H,13,14);1-4H2;/q;;;;;+2. The predicted octanol–water partition coefficient (Wildman–Crippen LogP) is 13.0. The number of aliphatic hydroxyl groups excluding tert-OH is 5. The molecule has 1 aliphatic rings. The van der Waals surface area contributed by atoms with Crippen LogP contribution in [0.1, 0.15) is 294 Å². The number of carbonyl (C=O) groups excluding carboxylic acids is 5. The zero-order valence-electron chi connectivity index (χ0n) is 55.4. The molecule has 0 aromatic heterocycles. The first-order valence-electron chi connectivity index (χ1n) is 32.4. The van der Waals surface area contributed by atoms with Crippen molar-refractivity contribution in [2.24, 2.45) is 28.1 Å². The van der Waals surface area contributed by atoms with Crippen molar-refractivity contribution < 1.29 is 88.7 Å². The van der Waals surface area contributed by atoms with Crippen molar-refractivity contribution in [1.29, 1.82) is 0 Å². The average molecular weight is 1280 g/mol. The Hall–Kier alpha value is -2.13. The number of ether oxygens (including phenoxy) is 2. The average Bonchev–Trinajstić information content (AvgIpc) is 3.40. The van der Waals surface area contributed by atoms with Gasteiger partial charge in [0.1, 0.15) is 18.3 Å². The molecular weight excluding hydrogens is 1160 g/mol. The number of rotatable bonds is 48. The Morgan fingerprint density at radius 2 is 0.686 bits per heavy atom. The van der Waals surface area contributed by atoms with Gasteiger partial charge in [-0.1, -0.05) is 198 Å². The summed E-state index contributed by atoms with van der Waals surface area (Å²) < 4.78 is 10.5. The van der Waals surface area contributed by atoms with Gasteiger partial charge in [-0.15, -0.1) is 0 Å². The summed E-state index contributed by atoms with van der Waals surface area (Å²) in [7, 11) is 0. The largest absolute Gasteiger partial charge is 2.00 e. The van der Waals surface area contributed by atoms with E-state index in [4.69, 9.17) is 46.6 Å². The van der Waals surface area contributed by atoms with E-state index in [1.54, 1.807) is 41.5 Å². The Bertz CT molecular complexity index is 1680. The minimum Gasteiger partial charge on any atom is -0.481 e. The van der Waals surface area contributed by atoms with Crippen LogP contribution < -0.4 is 0 Å². The molecule has 1 saturated heterocycles. The van der Waals surface area contributed by atoms with Gasteiger partial charge in [0.2, 0.25) is 5.24 Å². The van der Waals surface area contributed by atoms with Crippen molar-refractivity contribution in [2.45, 2.75) is 312 Å². The Morgan fingerprint density at radius 3 is 0.942 bits per heavy atom. The van der Waals surface area contributed by atoms with Gasteiger partial charge in [-0.3, -0.25) is 38.4 Å². The van der Waals surface area contributed by atoms with Gasteiger partial charge in [-0.05, 0) is 69.4 Å². The number of ketones is 3. The van der Waals surface area contributed by atoms with Gasteiger partial charge in [-0.25, -0.2) is 0 Å². The molecule has 86 heavy (non-hydrogen) atoms. The number of carboxylic acid groups (broad SMARTS) is 3. The van der Waals surface area contributed by atoms with E-state index in [-0.39, 0.29) is 138 Å². The molecule has 502 valence electrons. The Balaban J connectivity index is -0.000000346. The Kier molecular flexibility index (Phi) is 63.7. The minimum atomic E-state index is -1.29. The molecule has 1 heterocycles. The van der Waals surface area contributed by atoms with E-state index in [0.29, 0.717) is 0 Å². The number of Topliss-reactive ketones (excluding diaryl/α,β-unsaturated/α-hetero) is 3. The zero-order chi connectivity index (χ0) is 65.7. The first kappa shape index (κ1) is 92.6. The minimum absolute atomic E-state index is 0.